The van der Waals surface area contributed by atoms with E-state index < -0.39 is 5.97 Å². The van der Waals surface area contributed by atoms with Crippen LogP contribution in [-0.2, 0) is 20.9 Å². The van der Waals surface area contributed by atoms with Crippen molar-refractivity contribution in [1.29, 1.82) is 0 Å². The molecule has 0 fully saturated rings. The van der Waals surface area contributed by atoms with Crippen LogP contribution in [0, 0.1) is 13.8 Å². The molecule has 1 amide bonds. The topological polar surface area (TPSA) is 63.7 Å². The number of rotatable bonds is 8. The Kier molecular flexibility index (Phi) is 7.09. The first-order valence-electron chi connectivity index (χ1n) is 8.40. The van der Waals surface area contributed by atoms with E-state index >= 15 is 0 Å². The molecular weight excluding hydrogens is 350 g/mol. The number of carbonyl (C=O) groups excluding carboxylic acids is 3. The predicted octanol–water partition coefficient (Wildman–Crippen LogP) is 3.53. The highest BCUT2D eigenvalue weighted by Gasteiger charge is 2.16. The summed E-state index contributed by atoms with van der Waals surface area (Å²) >= 11 is 1.56. The molecule has 138 valence electrons. The van der Waals surface area contributed by atoms with Crippen LogP contribution in [0.5, 0.6) is 0 Å². The highest BCUT2D eigenvalue weighted by Crippen LogP contribution is 2.22. The zero-order chi connectivity index (χ0) is 19.1. The number of aryl methyl sites for hydroxylation is 2. The van der Waals surface area contributed by atoms with Gasteiger partial charge < -0.3 is 9.64 Å². The van der Waals surface area contributed by atoms with Crippen molar-refractivity contribution in [3.8, 4) is 0 Å². The maximum absolute atomic E-state index is 12.2. The van der Waals surface area contributed by atoms with Gasteiger partial charge in [-0.25, -0.2) is 0 Å². The molecule has 0 aliphatic rings. The molecule has 1 heterocycles. The van der Waals surface area contributed by atoms with E-state index in [4.69, 9.17) is 4.74 Å². The third-order valence-corrected chi connectivity index (χ3v) is 4.91. The van der Waals surface area contributed by atoms with Crippen LogP contribution >= 0.6 is 11.3 Å². The average molecular weight is 373 g/mol. The molecule has 0 saturated heterocycles. The molecule has 0 atom stereocenters. The smallest absolute Gasteiger partial charge is 0.306 e. The van der Waals surface area contributed by atoms with Gasteiger partial charge in [0.05, 0.1) is 6.42 Å². The normalized spacial score (nSPS) is 10.4. The second-order valence-electron chi connectivity index (χ2n) is 6.15. The van der Waals surface area contributed by atoms with Gasteiger partial charge in [0.25, 0.3) is 5.91 Å². The minimum atomic E-state index is -0.538. The van der Waals surface area contributed by atoms with E-state index in [1.54, 1.807) is 18.4 Å². The number of Topliss-reactive ketones (excluding diaryl/α,β-unsaturated/α-hetero) is 1. The highest BCUT2D eigenvalue weighted by atomic mass is 32.1. The van der Waals surface area contributed by atoms with Gasteiger partial charge in [-0.1, -0.05) is 30.3 Å². The number of hydrogen-bond donors (Lipinski definition) is 0. The molecule has 2 aromatic rings. The summed E-state index contributed by atoms with van der Waals surface area (Å²) < 4.78 is 5.00. The van der Waals surface area contributed by atoms with Crippen molar-refractivity contribution in [2.75, 3.05) is 13.7 Å². The summed E-state index contributed by atoms with van der Waals surface area (Å²) in [6.45, 7) is 3.98. The first kappa shape index (κ1) is 19.8. The van der Waals surface area contributed by atoms with Gasteiger partial charge in [0.15, 0.2) is 12.4 Å². The zero-order valence-electron chi connectivity index (χ0n) is 15.3. The van der Waals surface area contributed by atoms with E-state index in [1.165, 1.54) is 4.90 Å². The lowest BCUT2D eigenvalue weighted by Crippen LogP contribution is -2.30. The third-order valence-electron chi connectivity index (χ3n) is 3.94. The number of thiophene rings is 1. The molecule has 5 nitrogen and oxygen atoms in total. The summed E-state index contributed by atoms with van der Waals surface area (Å²) in [4.78, 5) is 39.5. The van der Waals surface area contributed by atoms with Crippen molar-refractivity contribution < 1.29 is 19.1 Å². The van der Waals surface area contributed by atoms with Crippen molar-refractivity contribution in [2.45, 2.75) is 33.2 Å². The van der Waals surface area contributed by atoms with Crippen LogP contribution in [0.2, 0.25) is 0 Å². The lowest BCUT2D eigenvalue weighted by molar-refractivity contribution is -0.151. The summed E-state index contributed by atoms with van der Waals surface area (Å²) in [5, 5.41) is 0. The van der Waals surface area contributed by atoms with Gasteiger partial charge >= 0.3 is 5.97 Å². The fourth-order valence-corrected chi connectivity index (χ4v) is 3.47. The molecular formula is C20H23NO4S. The van der Waals surface area contributed by atoms with Crippen LogP contribution in [0.25, 0.3) is 0 Å². The van der Waals surface area contributed by atoms with Gasteiger partial charge in [-0.05, 0) is 25.5 Å². The Morgan fingerprint density at radius 2 is 1.77 bits per heavy atom. The van der Waals surface area contributed by atoms with E-state index in [1.807, 2.05) is 50.2 Å². The molecule has 2 rings (SSSR count). The Bertz CT molecular complexity index is 782. The Labute approximate surface area is 157 Å². The lowest BCUT2D eigenvalue weighted by atomic mass is 10.1. The van der Waals surface area contributed by atoms with Crippen molar-refractivity contribution in [3.63, 3.8) is 0 Å². The molecule has 0 spiro atoms. The van der Waals surface area contributed by atoms with E-state index in [2.05, 4.69) is 0 Å². The van der Waals surface area contributed by atoms with Gasteiger partial charge in [-0.2, -0.15) is 0 Å². The maximum Gasteiger partial charge on any atom is 0.306 e. The number of hydrogen-bond acceptors (Lipinski definition) is 5. The van der Waals surface area contributed by atoms with E-state index in [0.717, 1.165) is 15.3 Å². The summed E-state index contributed by atoms with van der Waals surface area (Å²) in [5.74, 6) is -0.890. The number of nitrogens with zero attached hydrogens (tertiary/aromatic N) is 1. The quantitative estimate of drug-likeness (QED) is 0.524. The van der Waals surface area contributed by atoms with Gasteiger partial charge in [-0.3, -0.25) is 14.4 Å². The second kappa shape index (κ2) is 9.29. The summed E-state index contributed by atoms with van der Waals surface area (Å²) in [6, 6.07) is 11.4. The highest BCUT2D eigenvalue weighted by molar-refractivity contribution is 7.12. The second-order valence-corrected chi connectivity index (χ2v) is 7.61. The molecule has 0 radical (unpaired) electrons. The Hall–Kier alpha value is -2.47. The van der Waals surface area contributed by atoms with E-state index in [-0.39, 0.29) is 31.1 Å². The summed E-state index contributed by atoms with van der Waals surface area (Å²) in [7, 11) is 1.66. The van der Waals surface area contributed by atoms with E-state index in [9.17, 15) is 14.4 Å². The maximum atomic E-state index is 12.2. The number of carbonyl (C=O) groups is 3. The monoisotopic (exact) mass is 373 g/mol. The van der Waals surface area contributed by atoms with Crippen LogP contribution in [0.3, 0.4) is 0 Å². The number of ketones is 1. The van der Waals surface area contributed by atoms with Crippen molar-refractivity contribution in [1.82, 2.24) is 4.90 Å². The molecule has 1 aromatic carbocycles. The number of benzene rings is 1. The van der Waals surface area contributed by atoms with Crippen LogP contribution in [-0.4, -0.2) is 36.2 Å². The lowest BCUT2D eigenvalue weighted by Gasteiger charge is -2.17. The van der Waals surface area contributed by atoms with Crippen molar-refractivity contribution in [2.24, 2.45) is 0 Å². The molecule has 0 unspecified atom stereocenters. The molecule has 0 bridgehead atoms. The van der Waals surface area contributed by atoms with Gasteiger partial charge in [-0.15, -0.1) is 11.3 Å². The fraction of sp³-hybridized carbons (Fsp3) is 0.350. The summed E-state index contributed by atoms with van der Waals surface area (Å²) in [6.07, 6.45) is 0.0622. The Morgan fingerprint density at radius 1 is 1.08 bits per heavy atom. The molecule has 6 heteroatoms. The first-order chi connectivity index (χ1) is 12.4. The molecule has 0 aliphatic heterocycles. The number of esters is 1. The summed E-state index contributed by atoms with van der Waals surface area (Å²) in [5.41, 5.74) is 1.67. The van der Waals surface area contributed by atoms with Crippen LogP contribution in [0.4, 0.5) is 0 Å². The van der Waals surface area contributed by atoms with Crippen LogP contribution < -0.4 is 0 Å². The van der Waals surface area contributed by atoms with Crippen molar-refractivity contribution in [3.05, 3.63) is 57.3 Å². The predicted molar refractivity (Wildman–Crippen MR) is 101 cm³/mol. The minimum absolute atomic E-state index is 0.0250. The van der Waals surface area contributed by atoms with Gasteiger partial charge in [0.2, 0.25) is 0 Å². The first-order valence-corrected chi connectivity index (χ1v) is 9.22. The van der Waals surface area contributed by atoms with Gasteiger partial charge in [0.1, 0.15) is 0 Å². The fourth-order valence-electron chi connectivity index (χ4n) is 2.53. The Morgan fingerprint density at radius 3 is 2.38 bits per heavy atom. The molecule has 0 N–H and O–H groups in total. The minimum Gasteiger partial charge on any atom is -0.456 e. The van der Waals surface area contributed by atoms with Gasteiger partial charge in [0, 0.05) is 35.3 Å². The molecule has 0 saturated carbocycles. The number of ether oxygens (including phenoxy) is 1. The number of amides is 1. The average Bonchev–Trinajstić information content (AvgIpc) is 2.96. The standard InChI is InChI=1S/C20H23NO4S/c1-14-11-17(15(2)26-14)18(22)9-10-20(24)25-13-19(23)21(3)12-16-7-5-4-6-8-16/h4-8,11H,9-10,12-13H2,1-3H3. The largest absolute Gasteiger partial charge is 0.456 e. The number of likely N-dealkylation sites (N-methyl/N-ethyl adjacent to an activating group) is 1. The third kappa shape index (κ3) is 5.81. The Balaban J connectivity index is 1.73. The van der Waals surface area contributed by atoms with Crippen molar-refractivity contribution >= 4 is 29.0 Å². The zero-order valence-corrected chi connectivity index (χ0v) is 16.1. The SMILES string of the molecule is Cc1cc(C(=O)CCC(=O)OCC(=O)N(C)Cc2ccccc2)c(C)s1. The van der Waals surface area contributed by atoms with Crippen LogP contribution in [0.15, 0.2) is 36.4 Å². The van der Waals surface area contributed by atoms with E-state index in [0.29, 0.717) is 12.1 Å². The molecule has 1 aromatic heterocycles. The molecule has 26 heavy (non-hydrogen) atoms. The van der Waals surface area contributed by atoms with Crippen LogP contribution in [0.1, 0.15) is 38.5 Å². The molecule has 0 aliphatic carbocycles.